The first-order valence-corrected chi connectivity index (χ1v) is 7.13. The highest BCUT2D eigenvalue weighted by Crippen LogP contribution is 2.23. The number of halogens is 1. The Hall–Kier alpha value is -1.59. The van der Waals surface area contributed by atoms with Crippen LogP contribution >= 0.6 is 22.9 Å². The zero-order chi connectivity index (χ0) is 13.8. The van der Waals surface area contributed by atoms with Crippen molar-refractivity contribution in [3.05, 3.63) is 45.4 Å². The van der Waals surface area contributed by atoms with Crippen LogP contribution in [-0.2, 0) is 0 Å². The van der Waals surface area contributed by atoms with E-state index in [2.05, 4.69) is 10.3 Å². The molecule has 2 rings (SSSR count). The number of nitrogens with one attached hydrogen (secondary N) is 1. The molecule has 0 aliphatic rings. The van der Waals surface area contributed by atoms with Crippen molar-refractivity contribution in [2.75, 3.05) is 5.73 Å². The highest BCUT2D eigenvalue weighted by Gasteiger charge is 2.17. The molecule has 0 aliphatic carbocycles. The van der Waals surface area contributed by atoms with E-state index in [9.17, 15) is 4.79 Å². The minimum Gasteiger partial charge on any atom is -0.397 e. The standard InChI is InChI=1S/C13H14ClN3OS/c1-2-10(11-4-3-5-19-11)17-13(18)8-6-12(14)16-7-9(8)15/h3-7,10H,2,15H2,1H3,(H,17,18). The summed E-state index contributed by atoms with van der Waals surface area (Å²) in [7, 11) is 0. The Labute approximate surface area is 120 Å². The van der Waals surface area contributed by atoms with Crippen molar-refractivity contribution in [1.29, 1.82) is 0 Å². The van der Waals surface area contributed by atoms with Gasteiger partial charge < -0.3 is 11.1 Å². The van der Waals surface area contributed by atoms with Gasteiger partial charge in [0.1, 0.15) is 5.15 Å². The summed E-state index contributed by atoms with van der Waals surface area (Å²) >= 11 is 7.40. The molecule has 2 aromatic heterocycles. The average Bonchev–Trinajstić information content (AvgIpc) is 2.92. The summed E-state index contributed by atoms with van der Waals surface area (Å²) in [6, 6.07) is 5.43. The molecule has 0 radical (unpaired) electrons. The van der Waals surface area contributed by atoms with Gasteiger partial charge in [-0.1, -0.05) is 24.6 Å². The summed E-state index contributed by atoms with van der Waals surface area (Å²) in [4.78, 5) is 17.2. The molecule has 0 fully saturated rings. The van der Waals surface area contributed by atoms with Gasteiger partial charge >= 0.3 is 0 Å². The van der Waals surface area contributed by atoms with E-state index in [1.807, 2.05) is 24.4 Å². The van der Waals surface area contributed by atoms with Crippen molar-refractivity contribution in [3.63, 3.8) is 0 Å². The largest absolute Gasteiger partial charge is 0.397 e. The van der Waals surface area contributed by atoms with Crippen LogP contribution in [0.15, 0.2) is 29.8 Å². The van der Waals surface area contributed by atoms with Crippen LogP contribution in [0.5, 0.6) is 0 Å². The van der Waals surface area contributed by atoms with E-state index in [0.717, 1.165) is 11.3 Å². The molecule has 19 heavy (non-hydrogen) atoms. The van der Waals surface area contributed by atoms with E-state index in [1.54, 1.807) is 11.3 Å². The number of aromatic nitrogens is 1. The second-order valence-corrected chi connectivity index (χ2v) is 5.41. The maximum Gasteiger partial charge on any atom is 0.254 e. The molecule has 0 saturated carbocycles. The zero-order valence-electron chi connectivity index (χ0n) is 10.4. The number of hydrogen-bond donors (Lipinski definition) is 2. The van der Waals surface area contributed by atoms with Crippen LogP contribution in [0.1, 0.15) is 34.6 Å². The SMILES string of the molecule is CCC(NC(=O)c1cc(Cl)ncc1N)c1cccs1. The van der Waals surface area contributed by atoms with Gasteiger partial charge in [0.25, 0.3) is 5.91 Å². The van der Waals surface area contributed by atoms with Crippen molar-refractivity contribution in [2.24, 2.45) is 0 Å². The van der Waals surface area contributed by atoms with Gasteiger partial charge in [-0.15, -0.1) is 11.3 Å². The van der Waals surface area contributed by atoms with Crippen molar-refractivity contribution < 1.29 is 4.79 Å². The summed E-state index contributed by atoms with van der Waals surface area (Å²) in [6.45, 7) is 2.02. The monoisotopic (exact) mass is 295 g/mol. The third-order valence-electron chi connectivity index (χ3n) is 2.75. The molecule has 3 N–H and O–H groups in total. The van der Waals surface area contributed by atoms with Crippen LogP contribution in [0, 0.1) is 0 Å². The number of amides is 1. The number of rotatable bonds is 4. The third-order valence-corrected chi connectivity index (χ3v) is 3.94. The zero-order valence-corrected chi connectivity index (χ0v) is 12.0. The summed E-state index contributed by atoms with van der Waals surface area (Å²) in [5.74, 6) is -0.234. The van der Waals surface area contributed by atoms with Crippen LogP contribution in [-0.4, -0.2) is 10.9 Å². The predicted molar refractivity (Wildman–Crippen MR) is 78.5 cm³/mol. The number of nitrogens with two attached hydrogens (primary N) is 1. The first-order valence-electron chi connectivity index (χ1n) is 5.87. The Balaban J connectivity index is 2.18. The van der Waals surface area contributed by atoms with Gasteiger partial charge in [0.05, 0.1) is 23.5 Å². The van der Waals surface area contributed by atoms with Crippen LogP contribution in [0.2, 0.25) is 5.15 Å². The second-order valence-electron chi connectivity index (χ2n) is 4.04. The smallest absolute Gasteiger partial charge is 0.254 e. The number of nitrogen functional groups attached to an aromatic ring is 1. The van der Waals surface area contributed by atoms with Crippen LogP contribution in [0.4, 0.5) is 5.69 Å². The number of thiophene rings is 1. The highest BCUT2D eigenvalue weighted by molar-refractivity contribution is 7.10. The average molecular weight is 296 g/mol. The summed E-state index contributed by atoms with van der Waals surface area (Å²) in [5, 5.41) is 5.20. The van der Waals surface area contributed by atoms with Gasteiger partial charge in [0.2, 0.25) is 0 Å². The molecule has 4 nitrogen and oxygen atoms in total. The highest BCUT2D eigenvalue weighted by atomic mass is 35.5. The minimum absolute atomic E-state index is 0.0150. The Morgan fingerprint density at radius 1 is 1.63 bits per heavy atom. The first-order chi connectivity index (χ1) is 9.11. The summed E-state index contributed by atoms with van der Waals surface area (Å²) < 4.78 is 0. The van der Waals surface area contributed by atoms with E-state index in [4.69, 9.17) is 17.3 Å². The van der Waals surface area contributed by atoms with E-state index in [0.29, 0.717) is 11.3 Å². The van der Waals surface area contributed by atoms with E-state index in [1.165, 1.54) is 12.3 Å². The van der Waals surface area contributed by atoms with E-state index < -0.39 is 0 Å². The van der Waals surface area contributed by atoms with Gasteiger partial charge in [0.15, 0.2) is 0 Å². The maximum absolute atomic E-state index is 12.2. The van der Waals surface area contributed by atoms with Crippen molar-refractivity contribution in [2.45, 2.75) is 19.4 Å². The van der Waals surface area contributed by atoms with Gasteiger partial charge in [0, 0.05) is 4.88 Å². The van der Waals surface area contributed by atoms with Gasteiger partial charge in [-0.05, 0) is 23.9 Å². The Bertz CT molecular complexity index is 571. The minimum atomic E-state index is -0.234. The number of pyridine rings is 1. The van der Waals surface area contributed by atoms with Gasteiger partial charge in [-0.3, -0.25) is 4.79 Å². The topological polar surface area (TPSA) is 68.0 Å². The fourth-order valence-corrected chi connectivity index (χ4v) is 2.76. The predicted octanol–water partition coefficient (Wildman–Crippen LogP) is 3.26. The van der Waals surface area contributed by atoms with Crippen molar-refractivity contribution in [1.82, 2.24) is 10.3 Å². The molecule has 2 aromatic rings. The number of hydrogen-bond acceptors (Lipinski definition) is 4. The van der Waals surface area contributed by atoms with Crippen molar-refractivity contribution in [3.8, 4) is 0 Å². The molecular formula is C13H14ClN3OS. The molecule has 0 spiro atoms. The molecular weight excluding hydrogens is 282 g/mol. The number of carbonyl (C=O) groups is 1. The normalized spacial score (nSPS) is 12.1. The quantitative estimate of drug-likeness (QED) is 0.851. The lowest BCUT2D eigenvalue weighted by molar-refractivity contribution is 0.0937. The lowest BCUT2D eigenvalue weighted by Crippen LogP contribution is -2.28. The number of nitrogens with zero attached hydrogens (tertiary/aromatic N) is 1. The second kappa shape index (κ2) is 6.04. The first kappa shape index (κ1) is 13.8. The van der Waals surface area contributed by atoms with Crippen molar-refractivity contribution >= 4 is 34.5 Å². The third kappa shape index (κ3) is 3.24. The number of carbonyl (C=O) groups excluding carboxylic acids is 1. The van der Waals surface area contributed by atoms with Crippen LogP contribution < -0.4 is 11.1 Å². The fourth-order valence-electron chi connectivity index (χ4n) is 1.74. The van der Waals surface area contributed by atoms with Crippen LogP contribution in [0.25, 0.3) is 0 Å². The Morgan fingerprint density at radius 2 is 2.42 bits per heavy atom. The summed E-state index contributed by atoms with van der Waals surface area (Å²) in [6.07, 6.45) is 2.20. The van der Waals surface area contributed by atoms with Crippen LogP contribution in [0.3, 0.4) is 0 Å². The fraction of sp³-hybridized carbons (Fsp3) is 0.231. The molecule has 1 unspecified atom stereocenters. The van der Waals surface area contributed by atoms with Gasteiger partial charge in [-0.2, -0.15) is 0 Å². The Kier molecular flexibility index (Phi) is 4.39. The molecule has 0 aliphatic heterocycles. The molecule has 0 bridgehead atoms. The van der Waals surface area contributed by atoms with E-state index in [-0.39, 0.29) is 17.1 Å². The molecule has 0 saturated heterocycles. The molecule has 2 heterocycles. The maximum atomic E-state index is 12.2. The molecule has 1 amide bonds. The Morgan fingerprint density at radius 3 is 3.05 bits per heavy atom. The molecule has 1 atom stereocenters. The lowest BCUT2D eigenvalue weighted by Gasteiger charge is -2.16. The van der Waals surface area contributed by atoms with E-state index >= 15 is 0 Å². The molecule has 100 valence electrons. The summed E-state index contributed by atoms with van der Waals surface area (Å²) in [5.41, 5.74) is 6.43. The number of anilines is 1. The lowest BCUT2D eigenvalue weighted by atomic mass is 10.1. The van der Waals surface area contributed by atoms with Gasteiger partial charge in [-0.25, -0.2) is 4.98 Å². The molecule has 0 aromatic carbocycles. The molecule has 6 heteroatoms.